The molecule has 0 saturated carbocycles. The van der Waals surface area contributed by atoms with Crippen molar-refractivity contribution in [2.45, 2.75) is 0 Å². The summed E-state index contributed by atoms with van der Waals surface area (Å²) in [6.45, 7) is 0. The lowest BCUT2D eigenvalue weighted by atomic mass is 10.1. The summed E-state index contributed by atoms with van der Waals surface area (Å²) in [6.07, 6.45) is 1.42. The number of carbonyl (C=O) groups is 2. The van der Waals surface area contributed by atoms with E-state index in [1.807, 2.05) is 0 Å². The SMILES string of the molecule is COC(=O)C(=Cc1ccc(Br)cc1)C(=O)OC. The maximum Gasteiger partial charge on any atom is 0.345 e. The molecule has 0 aromatic heterocycles. The summed E-state index contributed by atoms with van der Waals surface area (Å²) >= 11 is 3.29. The lowest BCUT2D eigenvalue weighted by Gasteiger charge is -2.03. The van der Waals surface area contributed by atoms with E-state index in [9.17, 15) is 9.59 Å². The van der Waals surface area contributed by atoms with Gasteiger partial charge in [-0.2, -0.15) is 0 Å². The molecule has 0 bridgehead atoms. The highest BCUT2D eigenvalue weighted by Crippen LogP contribution is 2.14. The average molecular weight is 299 g/mol. The fraction of sp³-hybridized carbons (Fsp3) is 0.167. The van der Waals surface area contributed by atoms with Crippen molar-refractivity contribution in [1.29, 1.82) is 0 Å². The third-order valence-electron chi connectivity index (χ3n) is 1.99. The Morgan fingerprint density at radius 2 is 1.53 bits per heavy atom. The van der Waals surface area contributed by atoms with Crippen LogP contribution in [0.25, 0.3) is 6.08 Å². The lowest BCUT2D eigenvalue weighted by molar-refractivity contribution is -0.143. The zero-order chi connectivity index (χ0) is 12.8. The number of benzene rings is 1. The second-order valence-corrected chi connectivity index (χ2v) is 4.01. The number of carbonyl (C=O) groups excluding carboxylic acids is 2. The van der Waals surface area contributed by atoms with Gasteiger partial charge in [-0.15, -0.1) is 0 Å². The van der Waals surface area contributed by atoms with Crippen molar-refractivity contribution in [1.82, 2.24) is 0 Å². The molecular weight excluding hydrogens is 288 g/mol. The molecule has 0 fully saturated rings. The van der Waals surface area contributed by atoms with E-state index in [-0.39, 0.29) is 5.57 Å². The molecule has 0 aliphatic carbocycles. The number of ether oxygens (including phenoxy) is 2. The highest BCUT2D eigenvalue weighted by molar-refractivity contribution is 9.10. The van der Waals surface area contributed by atoms with Crippen LogP contribution >= 0.6 is 15.9 Å². The molecule has 0 saturated heterocycles. The van der Waals surface area contributed by atoms with Crippen LogP contribution < -0.4 is 0 Å². The summed E-state index contributed by atoms with van der Waals surface area (Å²) in [6, 6.07) is 7.13. The quantitative estimate of drug-likeness (QED) is 0.371. The van der Waals surface area contributed by atoms with Crippen molar-refractivity contribution >= 4 is 33.9 Å². The van der Waals surface area contributed by atoms with Gasteiger partial charge in [-0.1, -0.05) is 28.1 Å². The van der Waals surface area contributed by atoms with E-state index in [2.05, 4.69) is 25.4 Å². The van der Waals surface area contributed by atoms with Crippen molar-refractivity contribution in [3.05, 3.63) is 39.9 Å². The smallest absolute Gasteiger partial charge is 0.345 e. The second-order valence-electron chi connectivity index (χ2n) is 3.09. The fourth-order valence-corrected chi connectivity index (χ4v) is 1.41. The van der Waals surface area contributed by atoms with Gasteiger partial charge in [-0.3, -0.25) is 0 Å². The summed E-state index contributed by atoms with van der Waals surface area (Å²) in [5, 5.41) is 0. The molecular formula is C12H11BrO4. The summed E-state index contributed by atoms with van der Waals surface area (Å²) in [5.74, 6) is -1.44. The highest BCUT2D eigenvalue weighted by atomic mass is 79.9. The predicted molar refractivity (Wildman–Crippen MR) is 66.2 cm³/mol. The number of rotatable bonds is 3. The minimum atomic E-state index is -0.722. The van der Waals surface area contributed by atoms with Crippen LogP contribution in [0.2, 0.25) is 0 Å². The third kappa shape index (κ3) is 3.71. The molecule has 0 unspecified atom stereocenters. The first-order valence-electron chi connectivity index (χ1n) is 4.72. The fourth-order valence-electron chi connectivity index (χ4n) is 1.15. The first-order chi connectivity index (χ1) is 8.08. The molecule has 0 spiro atoms. The second kappa shape index (κ2) is 6.20. The molecule has 17 heavy (non-hydrogen) atoms. The Labute approximate surface area is 107 Å². The van der Waals surface area contributed by atoms with Gasteiger partial charge in [0.05, 0.1) is 14.2 Å². The van der Waals surface area contributed by atoms with E-state index >= 15 is 0 Å². The van der Waals surface area contributed by atoms with Crippen LogP contribution in [0.5, 0.6) is 0 Å². The van der Waals surface area contributed by atoms with Gasteiger partial charge in [0, 0.05) is 4.47 Å². The maximum absolute atomic E-state index is 11.4. The standard InChI is InChI=1S/C12H11BrO4/c1-16-11(14)10(12(15)17-2)7-8-3-5-9(13)6-4-8/h3-7H,1-2H3. The molecule has 5 heteroatoms. The summed E-state index contributed by atoms with van der Waals surface area (Å²) < 4.78 is 9.94. The van der Waals surface area contributed by atoms with Gasteiger partial charge in [-0.05, 0) is 23.8 Å². The molecule has 0 aliphatic heterocycles. The van der Waals surface area contributed by atoms with E-state index in [4.69, 9.17) is 0 Å². The number of methoxy groups -OCH3 is 2. The minimum absolute atomic E-state index is 0.141. The Morgan fingerprint density at radius 3 is 1.94 bits per heavy atom. The van der Waals surface area contributed by atoms with Crippen molar-refractivity contribution < 1.29 is 19.1 Å². The van der Waals surface area contributed by atoms with Crippen LogP contribution in [0.15, 0.2) is 34.3 Å². The molecule has 0 radical (unpaired) electrons. The van der Waals surface area contributed by atoms with E-state index in [0.29, 0.717) is 5.56 Å². The molecule has 1 rings (SSSR count). The van der Waals surface area contributed by atoms with Crippen LogP contribution in [-0.2, 0) is 19.1 Å². The van der Waals surface area contributed by atoms with Gasteiger partial charge in [0.2, 0.25) is 0 Å². The van der Waals surface area contributed by atoms with Crippen LogP contribution in [-0.4, -0.2) is 26.2 Å². The molecule has 1 aromatic carbocycles. The normalized spacial score (nSPS) is 9.35. The van der Waals surface area contributed by atoms with Crippen molar-refractivity contribution in [3.63, 3.8) is 0 Å². The summed E-state index contributed by atoms with van der Waals surface area (Å²) in [4.78, 5) is 22.8. The van der Waals surface area contributed by atoms with Gasteiger partial charge >= 0.3 is 11.9 Å². The molecule has 0 amide bonds. The number of hydrogen-bond donors (Lipinski definition) is 0. The average Bonchev–Trinajstić information content (AvgIpc) is 2.36. The number of halogens is 1. The zero-order valence-corrected chi connectivity index (χ0v) is 11.0. The van der Waals surface area contributed by atoms with Crippen molar-refractivity contribution in [3.8, 4) is 0 Å². The molecule has 0 heterocycles. The third-order valence-corrected chi connectivity index (χ3v) is 2.52. The molecule has 0 atom stereocenters. The topological polar surface area (TPSA) is 52.6 Å². The van der Waals surface area contributed by atoms with Crippen LogP contribution in [0, 0.1) is 0 Å². The van der Waals surface area contributed by atoms with Gasteiger partial charge in [0.1, 0.15) is 5.57 Å². The van der Waals surface area contributed by atoms with E-state index in [1.165, 1.54) is 20.3 Å². The Balaban J connectivity index is 3.09. The number of hydrogen-bond acceptors (Lipinski definition) is 4. The zero-order valence-electron chi connectivity index (χ0n) is 9.40. The Morgan fingerprint density at radius 1 is 1.06 bits per heavy atom. The Kier molecular flexibility index (Phi) is 4.90. The molecule has 4 nitrogen and oxygen atoms in total. The van der Waals surface area contributed by atoms with Gasteiger partial charge in [-0.25, -0.2) is 9.59 Å². The van der Waals surface area contributed by atoms with Gasteiger partial charge < -0.3 is 9.47 Å². The van der Waals surface area contributed by atoms with Crippen LogP contribution in [0.1, 0.15) is 5.56 Å². The molecule has 1 aromatic rings. The monoisotopic (exact) mass is 298 g/mol. The summed E-state index contributed by atoms with van der Waals surface area (Å²) in [5.41, 5.74) is 0.566. The summed E-state index contributed by atoms with van der Waals surface area (Å²) in [7, 11) is 2.42. The first kappa shape index (κ1) is 13.4. The largest absolute Gasteiger partial charge is 0.465 e. The molecule has 0 aliphatic rings. The van der Waals surface area contributed by atoms with E-state index in [0.717, 1.165) is 4.47 Å². The molecule has 0 N–H and O–H groups in total. The molecule has 90 valence electrons. The minimum Gasteiger partial charge on any atom is -0.465 e. The number of esters is 2. The Hall–Kier alpha value is -1.62. The maximum atomic E-state index is 11.4. The first-order valence-corrected chi connectivity index (χ1v) is 5.51. The van der Waals surface area contributed by atoms with Crippen LogP contribution in [0.3, 0.4) is 0 Å². The van der Waals surface area contributed by atoms with Gasteiger partial charge in [0.15, 0.2) is 0 Å². The van der Waals surface area contributed by atoms with Gasteiger partial charge in [0.25, 0.3) is 0 Å². The van der Waals surface area contributed by atoms with E-state index < -0.39 is 11.9 Å². The predicted octanol–water partition coefficient (Wildman–Crippen LogP) is 2.18. The van der Waals surface area contributed by atoms with Crippen molar-refractivity contribution in [2.24, 2.45) is 0 Å². The van der Waals surface area contributed by atoms with Crippen molar-refractivity contribution in [2.75, 3.05) is 14.2 Å². The Bertz CT molecular complexity index is 430. The van der Waals surface area contributed by atoms with Crippen LogP contribution in [0.4, 0.5) is 0 Å². The van der Waals surface area contributed by atoms with E-state index in [1.54, 1.807) is 24.3 Å². The highest BCUT2D eigenvalue weighted by Gasteiger charge is 2.19. The lowest BCUT2D eigenvalue weighted by Crippen LogP contribution is -2.15.